The van der Waals surface area contributed by atoms with E-state index in [2.05, 4.69) is 50.9 Å². The second-order valence-electron chi connectivity index (χ2n) is 12.5. The van der Waals surface area contributed by atoms with Crippen LogP contribution in [0.25, 0.3) is 22.8 Å². The summed E-state index contributed by atoms with van der Waals surface area (Å²) in [6.07, 6.45) is 7.32. The van der Waals surface area contributed by atoms with E-state index >= 15 is 0 Å². The van der Waals surface area contributed by atoms with E-state index in [1.54, 1.807) is 31.5 Å². The molecule has 0 fully saturated rings. The Morgan fingerprint density at radius 1 is 0.643 bits per heavy atom. The number of hydrogen-bond acceptors (Lipinski definition) is 7. The van der Waals surface area contributed by atoms with Crippen molar-refractivity contribution in [1.82, 2.24) is 34.8 Å². The molecule has 0 aliphatic carbocycles. The minimum absolute atomic E-state index is 0.0497. The normalized spacial score (nSPS) is 10.4. The molecule has 0 bridgehead atoms. The van der Waals surface area contributed by atoms with Gasteiger partial charge < -0.3 is 4.90 Å². The summed E-state index contributed by atoms with van der Waals surface area (Å²) in [6, 6.07) is 28.3. The minimum Gasteiger partial charge on any atom is -0.304 e. The molecule has 4 aromatic heterocycles. The molecule has 0 unspecified atom stereocenters. The number of aromatic nitrogens is 6. The van der Waals surface area contributed by atoms with Crippen LogP contribution >= 0.6 is 11.6 Å². The molecule has 0 spiro atoms. The van der Waals surface area contributed by atoms with Gasteiger partial charge in [0.15, 0.2) is 0 Å². The lowest BCUT2D eigenvalue weighted by molar-refractivity contribution is -0.111. The third kappa shape index (κ3) is 15.8. The predicted octanol–water partition coefficient (Wildman–Crippen LogP) is 9.83. The number of aromatic amines is 1. The molecule has 2 aromatic carbocycles. The van der Waals surface area contributed by atoms with Crippen LogP contribution in [0, 0.1) is 11.6 Å². The highest BCUT2D eigenvalue weighted by Crippen LogP contribution is 2.19. The number of nitrogens with one attached hydrogen (secondary N) is 1. The first-order chi connectivity index (χ1) is 27.1. The fourth-order valence-electron chi connectivity index (χ4n) is 5.26. The van der Waals surface area contributed by atoms with Gasteiger partial charge in [-0.25, -0.2) is 13.5 Å². The van der Waals surface area contributed by atoms with Crippen molar-refractivity contribution < 1.29 is 18.4 Å². The number of nitrogens with zero attached hydrogens (tertiary/aromatic N) is 6. The maximum absolute atomic E-state index is 13.0. The molecule has 0 aliphatic rings. The van der Waals surface area contributed by atoms with Gasteiger partial charge in [0, 0.05) is 36.6 Å². The molecule has 0 atom stereocenters. The van der Waals surface area contributed by atoms with Crippen LogP contribution in [0.5, 0.6) is 0 Å². The Labute approximate surface area is 334 Å². The van der Waals surface area contributed by atoms with Gasteiger partial charge in [0.1, 0.15) is 23.0 Å². The molecule has 0 saturated carbocycles. The second kappa shape index (κ2) is 24.9. The molecular weight excluding hydrogens is 732 g/mol. The predicted molar refractivity (Wildman–Crippen MR) is 220 cm³/mol. The minimum atomic E-state index is -0.273. The Balaban J connectivity index is 0.000000236. The van der Waals surface area contributed by atoms with E-state index in [1.165, 1.54) is 48.6 Å². The summed E-state index contributed by atoms with van der Waals surface area (Å²) in [6.45, 7) is 13.7. The lowest BCUT2D eigenvalue weighted by atomic mass is 10.1. The molecule has 6 aromatic rings. The van der Waals surface area contributed by atoms with Gasteiger partial charge in [0.25, 0.3) is 0 Å². The summed E-state index contributed by atoms with van der Waals surface area (Å²) < 4.78 is 27.3. The Kier molecular flexibility index (Phi) is 20.0. The standard InChI is InChI=1S/C19H18FN3O.C16H14FN3.C6H15N.C3H5ClO/c1-2-19(24)23-16(11-8-14-6-9-15(20)10-7-14)13-18(22-23)17-5-3-4-12-21-17;17-13-7-4-12(5-8-13)6-9-14-11-16(20-19-14)15-3-1-2-10-18-15;1-4-7(5-2)6-3;1-2-3(4)5/h3-7,9-10,12-13H,2,8,11H2,1H3;1-5,7-8,10-11H,6,9H2,(H,19,20);4-6H2,1-3H3;2H2,1H3. The monoisotopic (exact) mass is 783 g/mol. The first-order valence-electron chi connectivity index (χ1n) is 19.0. The Morgan fingerprint density at radius 3 is 1.57 bits per heavy atom. The molecule has 6 rings (SSSR count). The van der Waals surface area contributed by atoms with Crippen molar-refractivity contribution >= 4 is 22.8 Å². The van der Waals surface area contributed by atoms with E-state index in [1.807, 2.05) is 67.6 Å². The van der Waals surface area contributed by atoms with Crippen molar-refractivity contribution in [2.75, 3.05) is 19.6 Å². The quantitative estimate of drug-likeness (QED) is 0.116. The number of halogens is 3. The molecule has 0 aliphatic heterocycles. The van der Waals surface area contributed by atoms with Gasteiger partial charge in [-0.05, 0) is 129 Å². The van der Waals surface area contributed by atoms with Gasteiger partial charge in [-0.3, -0.25) is 24.7 Å². The second-order valence-corrected chi connectivity index (χ2v) is 12.9. The third-order valence-electron chi connectivity index (χ3n) is 8.61. The smallest absolute Gasteiger partial charge is 0.246 e. The largest absolute Gasteiger partial charge is 0.304 e. The van der Waals surface area contributed by atoms with Crippen molar-refractivity contribution in [1.29, 1.82) is 0 Å². The Bertz CT molecular complexity index is 1990. The van der Waals surface area contributed by atoms with Crippen LogP contribution in [-0.2, 0) is 30.5 Å². The fraction of sp³-hybridized carbons (Fsp3) is 0.318. The van der Waals surface area contributed by atoms with Crippen molar-refractivity contribution in [2.45, 2.75) is 73.1 Å². The molecule has 296 valence electrons. The zero-order valence-corrected chi connectivity index (χ0v) is 33.6. The van der Waals surface area contributed by atoms with E-state index in [9.17, 15) is 18.4 Å². The Hall–Kier alpha value is -5.39. The first-order valence-corrected chi connectivity index (χ1v) is 19.4. The van der Waals surface area contributed by atoms with E-state index in [4.69, 9.17) is 11.6 Å². The van der Waals surface area contributed by atoms with Crippen LogP contribution in [0.1, 0.15) is 74.8 Å². The number of hydrogen-bond donors (Lipinski definition) is 1. The van der Waals surface area contributed by atoms with Crippen molar-refractivity contribution in [3.63, 3.8) is 0 Å². The van der Waals surface area contributed by atoms with Gasteiger partial charge in [-0.2, -0.15) is 10.2 Å². The summed E-state index contributed by atoms with van der Waals surface area (Å²) in [4.78, 5) is 32.7. The SMILES string of the molecule is CCC(=O)Cl.CCC(=O)n1nc(-c2ccccn2)cc1CCc1ccc(F)cc1.CCN(CC)CC.Fc1ccc(CCc2cc(-c3ccccn3)n[nH]2)cc1. The van der Waals surface area contributed by atoms with Crippen LogP contribution in [0.2, 0.25) is 0 Å². The number of aryl methyl sites for hydroxylation is 4. The summed E-state index contributed by atoms with van der Waals surface area (Å²) in [5, 5.41) is 11.4. The number of rotatable bonds is 13. The van der Waals surface area contributed by atoms with E-state index < -0.39 is 0 Å². The summed E-state index contributed by atoms with van der Waals surface area (Å²) in [5.74, 6) is -0.499. The number of carbonyl (C=O) groups is 2. The van der Waals surface area contributed by atoms with Crippen molar-refractivity contribution in [2.24, 2.45) is 0 Å². The van der Waals surface area contributed by atoms with E-state index in [0.717, 1.165) is 52.4 Å². The Morgan fingerprint density at radius 2 is 1.14 bits per heavy atom. The molecule has 0 radical (unpaired) electrons. The molecule has 0 amide bonds. The van der Waals surface area contributed by atoms with Gasteiger partial charge >= 0.3 is 0 Å². The zero-order valence-electron chi connectivity index (χ0n) is 32.9. The molecule has 12 heteroatoms. The highest BCUT2D eigenvalue weighted by Gasteiger charge is 2.15. The first kappa shape index (κ1) is 45.0. The fourth-order valence-corrected chi connectivity index (χ4v) is 5.26. The maximum atomic E-state index is 13.0. The van der Waals surface area contributed by atoms with Crippen LogP contribution < -0.4 is 0 Å². The summed E-state index contributed by atoms with van der Waals surface area (Å²) in [5.41, 5.74) is 7.15. The zero-order chi connectivity index (χ0) is 40.7. The highest BCUT2D eigenvalue weighted by atomic mass is 35.5. The average molecular weight is 784 g/mol. The topological polar surface area (TPSA) is 110 Å². The van der Waals surface area contributed by atoms with Gasteiger partial charge in [0.2, 0.25) is 11.1 Å². The van der Waals surface area contributed by atoms with Crippen molar-refractivity contribution in [3.8, 4) is 22.8 Å². The third-order valence-corrected chi connectivity index (χ3v) is 8.87. The van der Waals surface area contributed by atoms with Crippen LogP contribution in [0.3, 0.4) is 0 Å². The van der Waals surface area contributed by atoms with Gasteiger partial charge in [0.05, 0.1) is 11.4 Å². The van der Waals surface area contributed by atoms with Crippen LogP contribution in [0.4, 0.5) is 8.78 Å². The van der Waals surface area contributed by atoms with Gasteiger partial charge in [-0.1, -0.05) is 71.0 Å². The van der Waals surface area contributed by atoms with E-state index in [-0.39, 0.29) is 22.8 Å². The molecule has 9 nitrogen and oxygen atoms in total. The molecule has 56 heavy (non-hydrogen) atoms. The average Bonchev–Trinajstić information content (AvgIpc) is 3.90. The highest BCUT2D eigenvalue weighted by molar-refractivity contribution is 6.63. The van der Waals surface area contributed by atoms with Crippen LogP contribution in [0.15, 0.2) is 109 Å². The maximum Gasteiger partial charge on any atom is 0.246 e. The number of benzene rings is 2. The molecule has 1 N–H and O–H groups in total. The number of H-pyrrole nitrogens is 1. The molecule has 0 saturated heterocycles. The lowest BCUT2D eigenvalue weighted by Gasteiger charge is -2.13. The van der Waals surface area contributed by atoms with Crippen molar-refractivity contribution in [3.05, 3.63) is 144 Å². The number of pyridine rings is 2. The van der Waals surface area contributed by atoms with E-state index in [0.29, 0.717) is 31.4 Å². The van der Waals surface area contributed by atoms with Gasteiger partial charge in [-0.15, -0.1) is 0 Å². The lowest BCUT2D eigenvalue weighted by Crippen LogP contribution is -2.21. The molecular formula is C44H52ClF2N7O2. The molecule has 4 heterocycles. The summed E-state index contributed by atoms with van der Waals surface area (Å²) >= 11 is 4.82. The number of carbonyl (C=O) groups excluding carboxylic acids is 2. The van der Waals surface area contributed by atoms with Crippen LogP contribution in [-0.4, -0.2) is 65.6 Å². The summed E-state index contributed by atoms with van der Waals surface area (Å²) in [7, 11) is 0.